The third-order valence-electron chi connectivity index (χ3n) is 3.63. The van der Waals surface area contributed by atoms with Crippen LogP contribution in [0.2, 0.25) is 0 Å². The summed E-state index contributed by atoms with van der Waals surface area (Å²) >= 11 is 0. The Morgan fingerprint density at radius 2 is 2.14 bits per heavy atom. The Balaban J connectivity index is 1.60. The minimum Gasteiger partial charge on any atom is -0.361 e. The maximum absolute atomic E-state index is 5.35. The van der Waals surface area contributed by atoms with Crippen LogP contribution in [0.5, 0.6) is 0 Å². The van der Waals surface area contributed by atoms with Gasteiger partial charge in [-0.05, 0) is 36.2 Å². The van der Waals surface area contributed by atoms with Crippen LogP contribution in [-0.4, -0.2) is 21.8 Å². The number of aromatic nitrogens is 3. The van der Waals surface area contributed by atoms with Gasteiger partial charge < -0.3 is 14.4 Å². The number of nitrogens with one attached hydrogen (secondary N) is 1. The summed E-state index contributed by atoms with van der Waals surface area (Å²) in [7, 11) is 0. The molecule has 1 aromatic carbocycles. The highest BCUT2D eigenvalue weighted by Gasteiger charge is 2.14. The fourth-order valence-electron chi connectivity index (χ4n) is 2.54. The SMILES string of the molecule is c1cc(Cc2noc(-c3ccc4c(c3)CCNC4)n2)on1. The predicted octanol–water partition coefficient (Wildman–Crippen LogP) is 1.96. The number of fused-ring (bicyclic) bond motifs is 1. The molecule has 0 saturated carbocycles. The second-order valence-electron chi connectivity index (χ2n) is 5.08. The molecular weight excluding hydrogens is 268 g/mol. The van der Waals surface area contributed by atoms with Crippen molar-refractivity contribution in [3.8, 4) is 11.5 Å². The molecule has 1 aliphatic rings. The van der Waals surface area contributed by atoms with Crippen molar-refractivity contribution < 1.29 is 9.05 Å². The van der Waals surface area contributed by atoms with Gasteiger partial charge in [0.25, 0.3) is 5.89 Å². The largest absolute Gasteiger partial charge is 0.361 e. The zero-order valence-electron chi connectivity index (χ0n) is 11.4. The van der Waals surface area contributed by atoms with E-state index >= 15 is 0 Å². The molecule has 0 atom stereocenters. The number of nitrogens with zero attached hydrogens (tertiary/aromatic N) is 3. The van der Waals surface area contributed by atoms with Crippen molar-refractivity contribution in [2.24, 2.45) is 0 Å². The Kier molecular flexibility index (Phi) is 3.01. The smallest absolute Gasteiger partial charge is 0.257 e. The summed E-state index contributed by atoms with van der Waals surface area (Å²) in [6.07, 6.45) is 3.12. The van der Waals surface area contributed by atoms with Gasteiger partial charge in [-0.25, -0.2) is 0 Å². The molecule has 106 valence electrons. The molecule has 0 radical (unpaired) electrons. The van der Waals surface area contributed by atoms with E-state index in [4.69, 9.17) is 9.05 Å². The summed E-state index contributed by atoms with van der Waals surface area (Å²) in [5.74, 6) is 1.87. The first-order valence-corrected chi connectivity index (χ1v) is 6.93. The lowest BCUT2D eigenvalue weighted by molar-refractivity contribution is 0.382. The average molecular weight is 282 g/mol. The molecule has 6 heteroatoms. The maximum atomic E-state index is 5.35. The van der Waals surface area contributed by atoms with Gasteiger partial charge in [-0.2, -0.15) is 4.98 Å². The van der Waals surface area contributed by atoms with Gasteiger partial charge in [-0.15, -0.1) is 0 Å². The van der Waals surface area contributed by atoms with E-state index in [1.54, 1.807) is 12.3 Å². The standard InChI is InChI=1S/C15H14N4O2/c1-2-12-9-16-5-3-10(12)7-11(1)15-18-14(19-21-15)8-13-4-6-17-20-13/h1-2,4,6-7,16H,3,5,8-9H2. The van der Waals surface area contributed by atoms with E-state index in [1.165, 1.54) is 11.1 Å². The molecule has 2 aromatic heterocycles. The van der Waals surface area contributed by atoms with Crippen LogP contribution in [0, 0.1) is 0 Å². The molecule has 3 heterocycles. The summed E-state index contributed by atoms with van der Waals surface area (Å²) in [5, 5.41) is 11.0. The minimum atomic E-state index is 0.484. The molecule has 0 bridgehead atoms. The van der Waals surface area contributed by atoms with Crippen LogP contribution in [-0.2, 0) is 19.4 Å². The van der Waals surface area contributed by atoms with E-state index in [2.05, 4.69) is 32.7 Å². The lowest BCUT2D eigenvalue weighted by Gasteiger charge is -2.16. The number of hydrogen-bond donors (Lipinski definition) is 1. The molecule has 0 aliphatic carbocycles. The second-order valence-corrected chi connectivity index (χ2v) is 5.08. The Hall–Kier alpha value is -2.47. The van der Waals surface area contributed by atoms with Crippen LogP contribution in [0.3, 0.4) is 0 Å². The monoisotopic (exact) mass is 282 g/mol. The lowest BCUT2D eigenvalue weighted by atomic mass is 9.98. The van der Waals surface area contributed by atoms with E-state index in [1.807, 2.05) is 6.07 Å². The quantitative estimate of drug-likeness (QED) is 0.791. The average Bonchev–Trinajstić information content (AvgIpc) is 3.19. The summed E-state index contributed by atoms with van der Waals surface area (Å²) in [4.78, 5) is 4.42. The van der Waals surface area contributed by atoms with Crippen molar-refractivity contribution >= 4 is 0 Å². The van der Waals surface area contributed by atoms with Gasteiger partial charge in [0.15, 0.2) is 5.82 Å². The molecule has 4 rings (SSSR count). The Morgan fingerprint density at radius 1 is 1.14 bits per heavy atom. The molecule has 0 spiro atoms. The normalized spacial score (nSPS) is 14.1. The molecule has 21 heavy (non-hydrogen) atoms. The van der Waals surface area contributed by atoms with Crippen LogP contribution in [0.4, 0.5) is 0 Å². The lowest BCUT2D eigenvalue weighted by Crippen LogP contribution is -2.23. The Labute approximate surface area is 121 Å². The minimum absolute atomic E-state index is 0.484. The van der Waals surface area contributed by atoms with Crippen LogP contribution in [0.25, 0.3) is 11.5 Å². The van der Waals surface area contributed by atoms with Crippen LogP contribution >= 0.6 is 0 Å². The zero-order valence-corrected chi connectivity index (χ0v) is 11.4. The third kappa shape index (κ3) is 2.45. The fourth-order valence-corrected chi connectivity index (χ4v) is 2.54. The van der Waals surface area contributed by atoms with Crippen molar-refractivity contribution in [3.05, 3.63) is 53.2 Å². The molecule has 1 aliphatic heterocycles. The van der Waals surface area contributed by atoms with Gasteiger partial charge in [0.05, 0.1) is 12.6 Å². The Morgan fingerprint density at radius 3 is 3.05 bits per heavy atom. The maximum Gasteiger partial charge on any atom is 0.257 e. The zero-order chi connectivity index (χ0) is 14.1. The van der Waals surface area contributed by atoms with Crippen molar-refractivity contribution in [2.75, 3.05) is 6.54 Å². The fraction of sp³-hybridized carbons (Fsp3) is 0.267. The van der Waals surface area contributed by atoms with E-state index in [0.29, 0.717) is 18.1 Å². The van der Waals surface area contributed by atoms with Crippen LogP contribution in [0.1, 0.15) is 22.7 Å². The second kappa shape index (κ2) is 5.14. The van der Waals surface area contributed by atoms with E-state index < -0.39 is 0 Å². The first kappa shape index (κ1) is 12.3. The molecule has 1 N–H and O–H groups in total. The van der Waals surface area contributed by atoms with E-state index in [-0.39, 0.29) is 0 Å². The van der Waals surface area contributed by atoms with Gasteiger partial charge in [-0.3, -0.25) is 0 Å². The highest BCUT2D eigenvalue weighted by Crippen LogP contribution is 2.23. The summed E-state index contributed by atoms with van der Waals surface area (Å²) in [6.45, 7) is 1.94. The molecule has 0 saturated heterocycles. The number of benzene rings is 1. The first-order chi connectivity index (χ1) is 10.4. The first-order valence-electron chi connectivity index (χ1n) is 6.93. The summed E-state index contributed by atoms with van der Waals surface area (Å²) < 4.78 is 10.4. The van der Waals surface area contributed by atoms with Crippen LogP contribution < -0.4 is 5.32 Å². The van der Waals surface area contributed by atoms with E-state index in [9.17, 15) is 0 Å². The summed E-state index contributed by atoms with van der Waals surface area (Å²) in [5.41, 5.74) is 3.65. The molecule has 0 unspecified atom stereocenters. The summed E-state index contributed by atoms with van der Waals surface area (Å²) in [6, 6.07) is 8.08. The number of rotatable bonds is 3. The van der Waals surface area contributed by atoms with Crippen molar-refractivity contribution in [2.45, 2.75) is 19.4 Å². The molecule has 6 nitrogen and oxygen atoms in total. The van der Waals surface area contributed by atoms with Crippen molar-refractivity contribution in [3.63, 3.8) is 0 Å². The van der Waals surface area contributed by atoms with Gasteiger partial charge in [0, 0.05) is 18.2 Å². The third-order valence-corrected chi connectivity index (χ3v) is 3.63. The molecule has 0 fully saturated rings. The predicted molar refractivity (Wildman–Crippen MR) is 74.5 cm³/mol. The van der Waals surface area contributed by atoms with Crippen molar-refractivity contribution in [1.29, 1.82) is 0 Å². The molecular formula is C15H14N4O2. The van der Waals surface area contributed by atoms with Crippen LogP contribution in [0.15, 0.2) is 39.5 Å². The molecule has 3 aromatic rings. The van der Waals surface area contributed by atoms with Gasteiger partial charge >= 0.3 is 0 Å². The molecule has 0 amide bonds. The van der Waals surface area contributed by atoms with Gasteiger partial charge in [0.1, 0.15) is 5.76 Å². The highest BCUT2D eigenvalue weighted by molar-refractivity contribution is 5.56. The van der Waals surface area contributed by atoms with Gasteiger partial charge in [-0.1, -0.05) is 16.4 Å². The topological polar surface area (TPSA) is 77.0 Å². The number of hydrogen-bond acceptors (Lipinski definition) is 6. The van der Waals surface area contributed by atoms with Gasteiger partial charge in [0.2, 0.25) is 0 Å². The van der Waals surface area contributed by atoms with Crippen molar-refractivity contribution in [1.82, 2.24) is 20.6 Å². The van der Waals surface area contributed by atoms with E-state index in [0.717, 1.165) is 30.8 Å². The highest BCUT2D eigenvalue weighted by atomic mass is 16.5. The Bertz CT molecular complexity index is 749.